The van der Waals surface area contributed by atoms with Crippen molar-refractivity contribution >= 4 is 17.4 Å². The van der Waals surface area contributed by atoms with Crippen molar-refractivity contribution < 1.29 is 14.3 Å². The Balaban J connectivity index is 2.38. The van der Waals surface area contributed by atoms with Crippen LogP contribution in [0.1, 0.15) is 18.6 Å². The monoisotopic (exact) mass is 229 g/mol. The molecule has 1 heterocycles. The van der Waals surface area contributed by atoms with Crippen LogP contribution in [-0.4, -0.2) is 26.4 Å². The summed E-state index contributed by atoms with van der Waals surface area (Å²) in [6, 6.07) is 1.98. The molecule has 1 atom stereocenters. The van der Waals surface area contributed by atoms with E-state index in [1.807, 2.05) is 16.8 Å². The number of carbonyl (C=O) groups excluding carboxylic acids is 1. The van der Waals surface area contributed by atoms with Gasteiger partial charge in [-0.05, 0) is 29.3 Å². The number of hydrogen-bond donors (Lipinski definition) is 1. The summed E-state index contributed by atoms with van der Waals surface area (Å²) in [5.74, 6) is 0. The van der Waals surface area contributed by atoms with Gasteiger partial charge in [0.2, 0.25) is 0 Å². The van der Waals surface area contributed by atoms with Gasteiger partial charge < -0.3 is 14.8 Å². The van der Waals surface area contributed by atoms with Gasteiger partial charge in [0.15, 0.2) is 0 Å². The minimum absolute atomic E-state index is 0.111. The smallest absolute Gasteiger partial charge is 0.407 e. The Morgan fingerprint density at radius 2 is 2.47 bits per heavy atom. The number of amides is 1. The molecule has 0 saturated heterocycles. The van der Waals surface area contributed by atoms with Crippen molar-refractivity contribution in [1.29, 1.82) is 0 Å². The number of thiophene rings is 1. The molecule has 1 aromatic heterocycles. The number of nitrogens with one attached hydrogen (secondary N) is 1. The first-order valence-corrected chi connectivity index (χ1v) is 5.67. The lowest BCUT2D eigenvalue weighted by molar-refractivity contribution is 0.0959. The van der Waals surface area contributed by atoms with Crippen molar-refractivity contribution in [2.75, 3.05) is 20.3 Å². The van der Waals surface area contributed by atoms with Crippen LogP contribution < -0.4 is 5.32 Å². The largest absolute Gasteiger partial charge is 0.450 e. The Hall–Kier alpha value is -1.07. The van der Waals surface area contributed by atoms with Crippen LogP contribution in [0.5, 0.6) is 0 Å². The van der Waals surface area contributed by atoms with Crippen molar-refractivity contribution in [3.8, 4) is 0 Å². The van der Waals surface area contributed by atoms with E-state index in [9.17, 15) is 4.79 Å². The quantitative estimate of drug-likeness (QED) is 0.841. The summed E-state index contributed by atoms with van der Waals surface area (Å²) in [7, 11) is 1.62. The summed E-state index contributed by atoms with van der Waals surface area (Å²) >= 11 is 1.60. The fraction of sp³-hybridized carbons (Fsp3) is 0.500. The minimum Gasteiger partial charge on any atom is -0.450 e. The summed E-state index contributed by atoms with van der Waals surface area (Å²) in [6.07, 6.45) is -0.518. The fourth-order valence-electron chi connectivity index (χ4n) is 1.15. The van der Waals surface area contributed by atoms with Crippen LogP contribution in [0.15, 0.2) is 16.8 Å². The van der Waals surface area contributed by atoms with Gasteiger partial charge in [0.05, 0.1) is 13.2 Å². The lowest BCUT2D eigenvalue weighted by Crippen LogP contribution is -2.29. The fourth-order valence-corrected chi connectivity index (χ4v) is 1.86. The van der Waals surface area contributed by atoms with Gasteiger partial charge in [0.25, 0.3) is 0 Å². The van der Waals surface area contributed by atoms with Crippen LogP contribution in [-0.2, 0) is 9.47 Å². The minimum atomic E-state index is -0.408. The van der Waals surface area contributed by atoms with Gasteiger partial charge in [-0.1, -0.05) is 0 Å². The topological polar surface area (TPSA) is 47.6 Å². The Kier molecular flexibility index (Phi) is 5.14. The third-order valence-electron chi connectivity index (χ3n) is 1.91. The summed E-state index contributed by atoms with van der Waals surface area (Å²) < 4.78 is 10.0. The molecule has 1 aromatic rings. The highest BCUT2D eigenvalue weighted by Crippen LogP contribution is 2.18. The zero-order valence-corrected chi connectivity index (χ0v) is 9.67. The highest BCUT2D eigenvalue weighted by atomic mass is 32.1. The van der Waals surface area contributed by atoms with E-state index < -0.39 is 6.09 Å². The van der Waals surface area contributed by atoms with Crippen molar-refractivity contribution in [1.82, 2.24) is 5.32 Å². The lowest BCUT2D eigenvalue weighted by Gasteiger charge is -2.14. The average Bonchev–Trinajstić information content (AvgIpc) is 2.72. The van der Waals surface area contributed by atoms with Crippen LogP contribution in [0, 0.1) is 0 Å². The highest BCUT2D eigenvalue weighted by molar-refractivity contribution is 7.07. The molecule has 1 N–H and O–H groups in total. The molecule has 0 unspecified atom stereocenters. The number of hydrogen-bond acceptors (Lipinski definition) is 4. The second-order valence-electron chi connectivity index (χ2n) is 2.88. The maximum atomic E-state index is 11.0. The van der Waals surface area contributed by atoms with E-state index >= 15 is 0 Å². The normalized spacial score (nSPS) is 12.1. The number of alkyl carbamates (subject to hydrolysis) is 1. The van der Waals surface area contributed by atoms with Crippen LogP contribution in [0.2, 0.25) is 0 Å². The molecule has 1 amide bonds. The van der Waals surface area contributed by atoms with Gasteiger partial charge >= 0.3 is 6.09 Å². The van der Waals surface area contributed by atoms with E-state index in [-0.39, 0.29) is 6.10 Å². The molecule has 0 aromatic carbocycles. The van der Waals surface area contributed by atoms with Crippen LogP contribution in [0.4, 0.5) is 4.79 Å². The SMILES string of the molecule is CCOC(=O)NC[C@@H](OC)c1ccsc1. The van der Waals surface area contributed by atoms with Gasteiger partial charge in [0.1, 0.15) is 6.10 Å². The maximum absolute atomic E-state index is 11.0. The number of ether oxygens (including phenoxy) is 2. The Morgan fingerprint density at radius 1 is 1.67 bits per heavy atom. The third-order valence-corrected chi connectivity index (χ3v) is 2.61. The van der Waals surface area contributed by atoms with E-state index in [0.29, 0.717) is 13.2 Å². The molecule has 0 bridgehead atoms. The third kappa shape index (κ3) is 3.89. The molecular weight excluding hydrogens is 214 g/mol. The molecule has 84 valence electrons. The van der Waals surface area contributed by atoms with Gasteiger partial charge in [-0.2, -0.15) is 11.3 Å². The summed E-state index contributed by atoms with van der Waals surface area (Å²) in [5.41, 5.74) is 1.07. The van der Waals surface area contributed by atoms with Crippen molar-refractivity contribution in [2.24, 2.45) is 0 Å². The van der Waals surface area contributed by atoms with E-state index in [2.05, 4.69) is 5.32 Å². The molecule has 0 saturated carbocycles. The van der Waals surface area contributed by atoms with Crippen LogP contribution in [0.3, 0.4) is 0 Å². The first-order valence-electron chi connectivity index (χ1n) is 4.73. The molecular formula is C10H15NO3S. The summed E-state index contributed by atoms with van der Waals surface area (Å²) in [4.78, 5) is 11.0. The molecule has 0 fully saturated rings. The molecule has 0 radical (unpaired) electrons. The molecule has 5 heteroatoms. The van der Waals surface area contributed by atoms with E-state index in [1.54, 1.807) is 25.4 Å². The Morgan fingerprint density at radius 3 is 3.00 bits per heavy atom. The predicted octanol–water partition coefficient (Wildman–Crippen LogP) is 2.18. The first kappa shape index (κ1) is 12.0. The zero-order chi connectivity index (χ0) is 11.1. The Labute approximate surface area is 93.2 Å². The second kappa shape index (κ2) is 6.42. The highest BCUT2D eigenvalue weighted by Gasteiger charge is 2.12. The standard InChI is InChI=1S/C10H15NO3S/c1-3-14-10(12)11-6-9(13-2)8-4-5-15-7-8/h4-5,7,9H,3,6H2,1-2H3,(H,11,12)/t9-/m1/s1. The van der Waals surface area contributed by atoms with Gasteiger partial charge in [-0.3, -0.25) is 0 Å². The van der Waals surface area contributed by atoms with E-state index in [1.165, 1.54) is 0 Å². The zero-order valence-electron chi connectivity index (χ0n) is 8.86. The van der Waals surface area contributed by atoms with Crippen molar-refractivity contribution in [3.63, 3.8) is 0 Å². The van der Waals surface area contributed by atoms with Gasteiger partial charge in [-0.25, -0.2) is 4.79 Å². The van der Waals surface area contributed by atoms with E-state index in [0.717, 1.165) is 5.56 Å². The predicted molar refractivity (Wildman–Crippen MR) is 59.1 cm³/mol. The Bertz CT molecular complexity index is 287. The molecule has 0 spiro atoms. The van der Waals surface area contributed by atoms with Gasteiger partial charge in [-0.15, -0.1) is 0 Å². The molecule has 1 rings (SSSR count). The van der Waals surface area contributed by atoms with Crippen LogP contribution >= 0.6 is 11.3 Å². The summed E-state index contributed by atoms with van der Waals surface area (Å²) in [5, 5.41) is 6.62. The molecule has 4 nitrogen and oxygen atoms in total. The molecule has 0 aliphatic carbocycles. The first-order chi connectivity index (χ1) is 7.27. The van der Waals surface area contributed by atoms with Crippen molar-refractivity contribution in [3.05, 3.63) is 22.4 Å². The van der Waals surface area contributed by atoms with Gasteiger partial charge in [0, 0.05) is 7.11 Å². The second-order valence-corrected chi connectivity index (χ2v) is 3.66. The molecule has 15 heavy (non-hydrogen) atoms. The number of methoxy groups -OCH3 is 1. The van der Waals surface area contributed by atoms with Crippen molar-refractivity contribution in [2.45, 2.75) is 13.0 Å². The maximum Gasteiger partial charge on any atom is 0.407 e. The number of rotatable bonds is 5. The lowest BCUT2D eigenvalue weighted by atomic mass is 10.2. The van der Waals surface area contributed by atoms with Crippen LogP contribution in [0.25, 0.3) is 0 Å². The molecule has 0 aliphatic heterocycles. The number of carbonyl (C=O) groups is 1. The molecule has 0 aliphatic rings. The summed E-state index contributed by atoms with van der Waals surface area (Å²) in [6.45, 7) is 2.57. The van der Waals surface area contributed by atoms with E-state index in [4.69, 9.17) is 9.47 Å². The average molecular weight is 229 g/mol.